The topological polar surface area (TPSA) is 169 Å². The Morgan fingerprint density at radius 2 is 1.25 bits per heavy atom. The van der Waals surface area contributed by atoms with Gasteiger partial charge < -0.3 is 27.8 Å². The first-order valence-electron chi connectivity index (χ1n) is 9.95. The fraction of sp³-hybridized carbons (Fsp3) is 0.227. The van der Waals surface area contributed by atoms with E-state index in [1.807, 2.05) is 45.0 Å². The first kappa shape index (κ1) is 24.1. The minimum atomic E-state index is -0.363. The number of hydrogen-bond acceptors (Lipinski definition) is 5. The molecule has 10 nitrogen and oxygen atoms in total. The predicted octanol–water partition coefficient (Wildman–Crippen LogP) is 3.07. The summed E-state index contributed by atoms with van der Waals surface area (Å²) in [7, 11) is 0. The van der Waals surface area contributed by atoms with E-state index in [2.05, 4.69) is 31.0 Å². The monoisotopic (exact) mass is 435 g/mol. The van der Waals surface area contributed by atoms with E-state index in [9.17, 15) is 4.79 Å². The van der Waals surface area contributed by atoms with Gasteiger partial charge in [-0.3, -0.25) is 0 Å². The molecular formula is C22H29N9O. The quantitative estimate of drug-likeness (QED) is 0.256. The number of rotatable bonds is 7. The van der Waals surface area contributed by atoms with Crippen LogP contribution in [0.5, 0.6) is 0 Å². The van der Waals surface area contributed by atoms with Crippen molar-refractivity contribution in [3.8, 4) is 0 Å². The van der Waals surface area contributed by atoms with E-state index in [4.69, 9.17) is 17.2 Å². The molecule has 0 radical (unpaired) electrons. The van der Waals surface area contributed by atoms with Gasteiger partial charge in [0.1, 0.15) is 5.84 Å². The van der Waals surface area contributed by atoms with Crippen molar-refractivity contribution < 1.29 is 4.79 Å². The van der Waals surface area contributed by atoms with E-state index >= 15 is 0 Å². The molecule has 0 heterocycles. The summed E-state index contributed by atoms with van der Waals surface area (Å²) in [6.45, 7) is 7.48. The summed E-state index contributed by atoms with van der Waals surface area (Å²) in [5, 5.41) is 21.3. The number of urea groups is 1. The number of nitrogens with one attached hydrogen (secondary N) is 2. The van der Waals surface area contributed by atoms with Crippen molar-refractivity contribution in [1.82, 2.24) is 0 Å². The number of amides is 2. The minimum absolute atomic E-state index is 0.104. The molecule has 2 aromatic carbocycles. The highest BCUT2D eigenvalue weighted by Crippen LogP contribution is 2.16. The number of nitrogens with two attached hydrogens (primary N) is 3. The number of anilines is 2. The number of carbonyl (C=O) groups is 1. The molecule has 10 heteroatoms. The van der Waals surface area contributed by atoms with Gasteiger partial charge in [-0.15, -0.1) is 10.2 Å². The molecule has 0 saturated carbocycles. The first-order valence-corrected chi connectivity index (χ1v) is 9.95. The maximum atomic E-state index is 12.3. The molecule has 0 atom stereocenters. The molecule has 32 heavy (non-hydrogen) atoms. The highest BCUT2D eigenvalue weighted by Gasteiger charge is 2.10. The summed E-state index contributed by atoms with van der Waals surface area (Å²) in [5.74, 6) is 0.393. The summed E-state index contributed by atoms with van der Waals surface area (Å²) < 4.78 is 0. The Morgan fingerprint density at radius 1 is 0.750 bits per heavy atom. The van der Waals surface area contributed by atoms with Crippen LogP contribution in [-0.4, -0.2) is 29.2 Å². The van der Waals surface area contributed by atoms with Crippen molar-refractivity contribution >= 4 is 40.6 Å². The lowest BCUT2D eigenvalue weighted by Gasteiger charge is -2.11. The number of amidine groups is 1. The van der Waals surface area contributed by atoms with E-state index in [0.29, 0.717) is 17.2 Å². The molecule has 0 spiro atoms. The molecule has 0 unspecified atom stereocenters. The van der Waals surface area contributed by atoms with Gasteiger partial charge in [0.2, 0.25) is 5.96 Å². The summed E-state index contributed by atoms with van der Waals surface area (Å²) >= 11 is 0. The standard InChI is InChI=1S/C22H29N9O/c1-13(2)20(30-31-21(24)25)17-7-11-19(12-8-17)27-22(32)26-18-9-5-16(6-10-18)14(3)28-29-15(4)23/h5-13H,1-4H3,(H2,23,29)(H4,24,25,31)(H2,26,27,32)/b28-14-,30-20-. The van der Waals surface area contributed by atoms with Gasteiger partial charge in [0.05, 0.1) is 11.4 Å². The largest absolute Gasteiger partial charge is 0.386 e. The average Bonchev–Trinajstić information content (AvgIpc) is 2.73. The average molecular weight is 436 g/mol. The van der Waals surface area contributed by atoms with Gasteiger partial charge in [-0.05, 0) is 55.2 Å². The van der Waals surface area contributed by atoms with Gasteiger partial charge in [0, 0.05) is 11.4 Å². The number of nitrogens with zero attached hydrogens (tertiary/aromatic N) is 4. The summed E-state index contributed by atoms with van der Waals surface area (Å²) in [5.41, 5.74) is 20.7. The van der Waals surface area contributed by atoms with Crippen LogP contribution in [0.25, 0.3) is 0 Å². The Kier molecular flexibility index (Phi) is 8.46. The first-order chi connectivity index (χ1) is 15.2. The van der Waals surface area contributed by atoms with Gasteiger partial charge in [0.15, 0.2) is 0 Å². The van der Waals surface area contributed by atoms with Crippen LogP contribution in [0.3, 0.4) is 0 Å². The second-order valence-corrected chi connectivity index (χ2v) is 7.33. The SMILES string of the molecule is CC(N)=N/N=C(/C)c1ccc(NC(=O)Nc2ccc(/C(=N\N=C(N)N)C(C)C)cc2)cc1. The molecule has 2 rings (SSSR count). The van der Waals surface area contributed by atoms with E-state index in [1.54, 1.807) is 31.2 Å². The van der Waals surface area contributed by atoms with Crippen molar-refractivity contribution in [1.29, 1.82) is 0 Å². The van der Waals surface area contributed by atoms with Gasteiger partial charge in [-0.2, -0.15) is 10.2 Å². The fourth-order valence-corrected chi connectivity index (χ4v) is 2.64. The minimum Gasteiger partial charge on any atom is -0.386 e. The summed E-state index contributed by atoms with van der Waals surface area (Å²) in [6.07, 6.45) is 0. The normalized spacial score (nSPS) is 12.5. The van der Waals surface area contributed by atoms with Crippen LogP contribution in [0.15, 0.2) is 68.9 Å². The maximum Gasteiger partial charge on any atom is 0.323 e. The molecule has 2 amide bonds. The lowest BCUT2D eigenvalue weighted by atomic mass is 10.00. The third-order valence-corrected chi connectivity index (χ3v) is 4.18. The molecule has 0 aliphatic rings. The van der Waals surface area contributed by atoms with Crippen molar-refractivity contribution in [2.45, 2.75) is 27.7 Å². The maximum absolute atomic E-state index is 12.3. The Labute approximate surface area is 187 Å². The molecule has 0 aromatic heterocycles. The number of hydrogen-bond donors (Lipinski definition) is 5. The highest BCUT2D eigenvalue weighted by molar-refractivity contribution is 6.04. The second kappa shape index (κ2) is 11.3. The van der Waals surface area contributed by atoms with Crippen molar-refractivity contribution in [3.63, 3.8) is 0 Å². The number of guanidine groups is 1. The predicted molar refractivity (Wildman–Crippen MR) is 132 cm³/mol. The molecule has 0 fully saturated rings. The number of carbonyl (C=O) groups excluding carboxylic acids is 1. The van der Waals surface area contributed by atoms with Crippen LogP contribution in [0.2, 0.25) is 0 Å². The van der Waals surface area contributed by atoms with Crippen molar-refractivity contribution in [3.05, 3.63) is 59.7 Å². The summed E-state index contributed by atoms with van der Waals surface area (Å²) in [4.78, 5) is 12.3. The molecule has 0 bridgehead atoms. The highest BCUT2D eigenvalue weighted by atomic mass is 16.2. The van der Waals surface area contributed by atoms with Crippen LogP contribution >= 0.6 is 0 Å². The van der Waals surface area contributed by atoms with Crippen molar-refractivity contribution in [2.75, 3.05) is 10.6 Å². The third kappa shape index (κ3) is 7.56. The van der Waals surface area contributed by atoms with Crippen LogP contribution in [0.1, 0.15) is 38.8 Å². The van der Waals surface area contributed by atoms with E-state index in [-0.39, 0.29) is 17.9 Å². The van der Waals surface area contributed by atoms with Crippen LogP contribution in [-0.2, 0) is 0 Å². The molecular weight excluding hydrogens is 406 g/mol. The lowest BCUT2D eigenvalue weighted by molar-refractivity contribution is 0.262. The number of benzene rings is 2. The molecule has 0 saturated heterocycles. The molecule has 2 aromatic rings. The smallest absolute Gasteiger partial charge is 0.323 e. The van der Waals surface area contributed by atoms with E-state index in [1.165, 1.54) is 0 Å². The van der Waals surface area contributed by atoms with Gasteiger partial charge in [0.25, 0.3) is 0 Å². The molecule has 0 aliphatic heterocycles. The van der Waals surface area contributed by atoms with Crippen LogP contribution in [0, 0.1) is 5.92 Å². The van der Waals surface area contributed by atoms with E-state index in [0.717, 1.165) is 22.6 Å². The Hall–Kier alpha value is -4.21. The Bertz CT molecular complexity index is 1040. The second-order valence-electron chi connectivity index (χ2n) is 7.33. The molecule has 0 aliphatic carbocycles. The van der Waals surface area contributed by atoms with Crippen molar-refractivity contribution in [2.24, 2.45) is 43.5 Å². The third-order valence-electron chi connectivity index (χ3n) is 4.18. The van der Waals surface area contributed by atoms with Gasteiger partial charge in [-0.1, -0.05) is 38.1 Å². The fourth-order valence-electron chi connectivity index (χ4n) is 2.64. The Morgan fingerprint density at radius 3 is 1.69 bits per heavy atom. The zero-order valence-corrected chi connectivity index (χ0v) is 18.6. The van der Waals surface area contributed by atoms with Gasteiger partial charge in [-0.25, -0.2) is 4.79 Å². The Balaban J connectivity index is 2.03. The van der Waals surface area contributed by atoms with Crippen LogP contribution < -0.4 is 27.8 Å². The molecule has 168 valence electrons. The zero-order valence-electron chi connectivity index (χ0n) is 18.6. The van der Waals surface area contributed by atoms with Gasteiger partial charge >= 0.3 is 6.03 Å². The lowest BCUT2D eigenvalue weighted by Crippen LogP contribution is -2.22. The zero-order chi connectivity index (χ0) is 23.7. The summed E-state index contributed by atoms with van der Waals surface area (Å²) in [6, 6.07) is 14.1. The molecule has 8 N–H and O–H groups in total. The van der Waals surface area contributed by atoms with Crippen LogP contribution in [0.4, 0.5) is 16.2 Å². The van der Waals surface area contributed by atoms with E-state index < -0.39 is 0 Å².